The van der Waals surface area contributed by atoms with E-state index in [4.69, 9.17) is 26.9 Å². The van der Waals surface area contributed by atoms with E-state index in [1.165, 1.54) is 6.07 Å². The van der Waals surface area contributed by atoms with Gasteiger partial charge in [-0.2, -0.15) is 0 Å². The number of rotatable bonds is 3. The standard InChI is InChI=1S/C10H14ClNO3Si/c1-16(2,3)15-6-4-7(10(13)14)9(11)8(12)5-6/h4-5H,12H2,1-3H3,(H,13,14). The van der Waals surface area contributed by atoms with E-state index in [-0.39, 0.29) is 16.3 Å². The van der Waals surface area contributed by atoms with Crippen LogP contribution in [-0.4, -0.2) is 19.4 Å². The van der Waals surface area contributed by atoms with Crippen LogP contribution in [0.15, 0.2) is 12.1 Å². The van der Waals surface area contributed by atoms with Gasteiger partial charge in [-0.05, 0) is 25.7 Å². The third kappa shape index (κ3) is 3.14. The molecule has 0 aromatic heterocycles. The summed E-state index contributed by atoms with van der Waals surface area (Å²) in [6.45, 7) is 5.99. The zero-order valence-electron chi connectivity index (χ0n) is 9.37. The van der Waals surface area contributed by atoms with Gasteiger partial charge in [-0.15, -0.1) is 0 Å². The first kappa shape index (κ1) is 12.9. The zero-order valence-corrected chi connectivity index (χ0v) is 11.1. The number of aromatic carboxylic acids is 1. The number of halogens is 1. The van der Waals surface area contributed by atoms with Gasteiger partial charge < -0.3 is 15.3 Å². The molecule has 16 heavy (non-hydrogen) atoms. The van der Waals surface area contributed by atoms with Crippen LogP contribution in [0.3, 0.4) is 0 Å². The van der Waals surface area contributed by atoms with E-state index in [0.29, 0.717) is 5.75 Å². The summed E-state index contributed by atoms with van der Waals surface area (Å²) >= 11 is 5.78. The fourth-order valence-electron chi connectivity index (χ4n) is 1.19. The molecule has 0 spiro atoms. The first-order valence-electron chi connectivity index (χ1n) is 4.72. The monoisotopic (exact) mass is 259 g/mol. The normalized spacial score (nSPS) is 11.2. The van der Waals surface area contributed by atoms with Crippen LogP contribution in [0.4, 0.5) is 5.69 Å². The molecular formula is C10H14ClNO3Si. The molecule has 0 radical (unpaired) electrons. The maximum atomic E-state index is 10.9. The fourth-order valence-corrected chi connectivity index (χ4v) is 2.20. The second-order valence-corrected chi connectivity index (χ2v) is 9.20. The quantitative estimate of drug-likeness (QED) is 0.647. The maximum absolute atomic E-state index is 10.9. The molecule has 0 aliphatic heterocycles. The number of anilines is 1. The van der Waals surface area contributed by atoms with E-state index in [1.807, 2.05) is 19.6 Å². The molecule has 1 rings (SSSR count). The smallest absolute Gasteiger partial charge is 0.337 e. The van der Waals surface area contributed by atoms with Crippen LogP contribution in [0.1, 0.15) is 10.4 Å². The Labute approximate surface area is 100 Å². The molecule has 0 aliphatic carbocycles. The topological polar surface area (TPSA) is 72.5 Å². The van der Waals surface area contributed by atoms with Crippen molar-refractivity contribution >= 4 is 31.6 Å². The lowest BCUT2D eigenvalue weighted by molar-refractivity contribution is 0.0697. The summed E-state index contributed by atoms with van der Waals surface area (Å²) in [4.78, 5) is 10.9. The SMILES string of the molecule is C[Si](C)(C)Oc1cc(N)c(Cl)c(C(=O)O)c1. The maximum Gasteiger partial charge on any atom is 0.337 e. The molecule has 0 saturated heterocycles. The highest BCUT2D eigenvalue weighted by Gasteiger charge is 2.19. The van der Waals surface area contributed by atoms with Crippen molar-refractivity contribution in [3.63, 3.8) is 0 Å². The molecule has 1 aromatic carbocycles. The zero-order chi connectivity index (χ0) is 12.5. The molecule has 0 bridgehead atoms. The van der Waals surface area contributed by atoms with Crippen molar-refractivity contribution in [1.82, 2.24) is 0 Å². The van der Waals surface area contributed by atoms with Gasteiger partial charge in [0.15, 0.2) is 0 Å². The molecule has 0 heterocycles. The van der Waals surface area contributed by atoms with Gasteiger partial charge >= 0.3 is 5.97 Å². The first-order chi connectivity index (χ1) is 7.20. The summed E-state index contributed by atoms with van der Waals surface area (Å²) in [7, 11) is -1.79. The van der Waals surface area contributed by atoms with Gasteiger partial charge in [-0.25, -0.2) is 4.79 Å². The Morgan fingerprint density at radius 2 is 2.00 bits per heavy atom. The summed E-state index contributed by atoms with van der Waals surface area (Å²) in [5, 5.41) is 8.98. The van der Waals surface area contributed by atoms with Crippen LogP contribution in [0, 0.1) is 0 Å². The van der Waals surface area contributed by atoms with Crippen LogP contribution >= 0.6 is 11.6 Å². The van der Waals surface area contributed by atoms with E-state index in [9.17, 15) is 4.79 Å². The molecular weight excluding hydrogens is 246 g/mol. The summed E-state index contributed by atoms with van der Waals surface area (Å²) in [5.74, 6) is -0.656. The molecule has 0 fully saturated rings. The van der Waals surface area contributed by atoms with Crippen LogP contribution in [0.2, 0.25) is 24.7 Å². The molecule has 0 unspecified atom stereocenters. The molecule has 3 N–H and O–H groups in total. The number of hydrogen-bond acceptors (Lipinski definition) is 3. The average molecular weight is 260 g/mol. The molecule has 0 saturated carbocycles. The second-order valence-electron chi connectivity index (χ2n) is 4.39. The number of carbonyl (C=O) groups is 1. The molecule has 0 aliphatic rings. The predicted molar refractivity (Wildman–Crippen MR) is 66.8 cm³/mol. The van der Waals surface area contributed by atoms with Crippen LogP contribution in [-0.2, 0) is 0 Å². The third-order valence-electron chi connectivity index (χ3n) is 1.73. The summed E-state index contributed by atoms with van der Waals surface area (Å²) in [5.41, 5.74) is 5.80. The number of nitrogens with two attached hydrogens (primary N) is 1. The molecule has 88 valence electrons. The second kappa shape index (κ2) is 4.35. The first-order valence-corrected chi connectivity index (χ1v) is 8.50. The van der Waals surface area contributed by atoms with Gasteiger partial charge in [0.2, 0.25) is 8.32 Å². The van der Waals surface area contributed by atoms with Gasteiger partial charge in [-0.3, -0.25) is 0 Å². The lowest BCUT2D eigenvalue weighted by atomic mass is 10.2. The molecule has 6 heteroatoms. The molecule has 0 atom stereocenters. The van der Waals surface area contributed by atoms with Crippen molar-refractivity contribution in [3.8, 4) is 5.75 Å². The highest BCUT2D eigenvalue weighted by molar-refractivity contribution is 6.70. The van der Waals surface area contributed by atoms with Gasteiger partial charge in [0.25, 0.3) is 0 Å². The van der Waals surface area contributed by atoms with Crippen LogP contribution in [0.25, 0.3) is 0 Å². The Balaban J connectivity index is 3.19. The third-order valence-corrected chi connectivity index (χ3v) is 3.00. The molecule has 1 aromatic rings. The minimum absolute atomic E-state index is 0.0325. The summed E-state index contributed by atoms with van der Waals surface area (Å²) in [6, 6.07) is 2.95. The minimum atomic E-state index is -1.79. The number of carboxylic acid groups (broad SMARTS) is 1. The Kier molecular flexibility index (Phi) is 3.50. The summed E-state index contributed by atoms with van der Waals surface area (Å²) in [6.07, 6.45) is 0. The van der Waals surface area contributed by atoms with E-state index in [0.717, 1.165) is 0 Å². The van der Waals surface area contributed by atoms with E-state index < -0.39 is 14.3 Å². The minimum Gasteiger partial charge on any atom is -0.544 e. The van der Waals surface area contributed by atoms with Gasteiger partial charge in [0.05, 0.1) is 16.3 Å². The Bertz CT molecular complexity index is 429. The molecule has 0 amide bonds. The highest BCUT2D eigenvalue weighted by atomic mass is 35.5. The summed E-state index contributed by atoms with van der Waals surface area (Å²) < 4.78 is 5.67. The van der Waals surface area contributed by atoms with E-state index in [2.05, 4.69) is 0 Å². The lowest BCUT2D eigenvalue weighted by Gasteiger charge is -2.20. The molecule has 4 nitrogen and oxygen atoms in total. The van der Waals surface area contributed by atoms with Gasteiger partial charge in [-0.1, -0.05) is 11.6 Å². The number of hydrogen-bond donors (Lipinski definition) is 2. The number of benzene rings is 1. The Hall–Kier alpha value is -1.20. The number of nitrogen functional groups attached to an aromatic ring is 1. The number of carboxylic acids is 1. The van der Waals surface area contributed by atoms with Crippen molar-refractivity contribution in [3.05, 3.63) is 22.7 Å². The van der Waals surface area contributed by atoms with Crippen LogP contribution < -0.4 is 10.2 Å². The Morgan fingerprint density at radius 3 is 2.44 bits per heavy atom. The van der Waals surface area contributed by atoms with Crippen molar-refractivity contribution in [2.24, 2.45) is 0 Å². The van der Waals surface area contributed by atoms with Crippen molar-refractivity contribution in [1.29, 1.82) is 0 Å². The van der Waals surface area contributed by atoms with Gasteiger partial charge in [0.1, 0.15) is 5.75 Å². The van der Waals surface area contributed by atoms with Crippen molar-refractivity contribution in [2.75, 3.05) is 5.73 Å². The van der Waals surface area contributed by atoms with Crippen LogP contribution in [0.5, 0.6) is 5.75 Å². The highest BCUT2D eigenvalue weighted by Crippen LogP contribution is 2.30. The lowest BCUT2D eigenvalue weighted by Crippen LogP contribution is -2.29. The van der Waals surface area contributed by atoms with E-state index >= 15 is 0 Å². The Morgan fingerprint density at radius 1 is 1.44 bits per heavy atom. The average Bonchev–Trinajstić information content (AvgIpc) is 2.07. The van der Waals surface area contributed by atoms with Gasteiger partial charge in [0, 0.05) is 6.07 Å². The van der Waals surface area contributed by atoms with Crippen molar-refractivity contribution in [2.45, 2.75) is 19.6 Å². The van der Waals surface area contributed by atoms with Crippen molar-refractivity contribution < 1.29 is 14.3 Å². The van der Waals surface area contributed by atoms with E-state index in [1.54, 1.807) is 6.07 Å². The largest absolute Gasteiger partial charge is 0.544 e. The fraction of sp³-hybridized carbons (Fsp3) is 0.300. The predicted octanol–water partition coefficient (Wildman–Crippen LogP) is 2.83.